The number of nitrogens with one attached hydrogen (secondary N) is 1. The molecule has 2 aromatic rings. The average Bonchev–Trinajstić information content (AvgIpc) is 3.37. The molecule has 0 bridgehead atoms. The molecule has 1 amide bonds. The van der Waals surface area contributed by atoms with Crippen LogP contribution in [-0.2, 0) is 15.4 Å². The summed E-state index contributed by atoms with van der Waals surface area (Å²) in [6.07, 6.45) is -1.86. The van der Waals surface area contributed by atoms with Crippen molar-refractivity contribution in [3.05, 3.63) is 41.0 Å². The van der Waals surface area contributed by atoms with Crippen molar-refractivity contribution >= 4 is 15.7 Å². The van der Waals surface area contributed by atoms with Gasteiger partial charge < -0.3 is 14.6 Å². The lowest BCUT2D eigenvalue weighted by Crippen LogP contribution is -2.49. The summed E-state index contributed by atoms with van der Waals surface area (Å²) >= 11 is 0. The molecule has 12 heteroatoms. The van der Waals surface area contributed by atoms with Crippen LogP contribution in [0.1, 0.15) is 53.3 Å². The predicted octanol–water partition coefficient (Wildman–Crippen LogP) is 2.89. The van der Waals surface area contributed by atoms with Gasteiger partial charge in [0.25, 0.3) is 5.91 Å². The minimum absolute atomic E-state index is 0.0153. The summed E-state index contributed by atoms with van der Waals surface area (Å²) in [5, 5.41) is 6.30. The van der Waals surface area contributed by atoms with Crippen molar-refractivity contribution in [2.45, 2.75) is 44.3 Å². The molecule has 0 spiro atoms. The molecule has 0 aliphatic heterocycles. The van der Waals surface area contributed by atoms with E-state index in [-0.39, 0.29) is 28.9 Å². The molecule has 1 fully saturated rings. The van der Waals surface area contributed by atoms with Gasteiger partial charge in [0.1, 0.15) is 21.1 Å². The highest BCUT2D eigenvalue weighted by atomic mass is 32.2. The number of benzene rings is 1. The number of sulfone groups is 1. The van der Waals surface area contributed by atoms with Crippen LogP contribution in [-0.4, -0.2) is 49.3 Å². The second-order valence-corrected chi connectivity index (χ2v) is 10.1. The molecule has 1 N–H and O–H groups in total. The minimum atomic E-state index is -4.52. The standard InChI is InChI=1S/C19H22F3N3O5S/c1-11-23-17(25-30-11)18(2,10-31(3,27)28)24-16(26)13-6-7-14(12-4-5-12)15(8-13)29-9-19(20,21)22/h6-8,12H,4-5,9-10H2,1-3H3,(H,24,26)/t18-/m0/s1. The van der Waals surface area contributed by atoms with Crippen molar-refractivity contribution in [3.8, 4) is 5.75 Å². The van der Waals surface area contributed by atoms with Gasteiger partial charge in [-0.3, -0.25) is 4.79 Å². The van der Waals surface area contributed by atoms with Crippen molar-refractivity contribution in [1.29, 1.82) is 0 Å². The summed E-state index contributed by atoms with van der Waals surface area (Å²) in [5.41, 5.74) is -0.903. The normalized spacial score (nSPS) is 16.6. The molecule has 8 nitrogen and oxygen atoms in total. The molecular formula is C19H22F3N3O5S. The summed E-state index contributed by atoms with van der Waals surface area (Å²) in [6.45, 7) is 1.46. The molecule has 170 valence electrons. The first-order chi connectivity index (χ1) is 14.3. The smallest absolute Gasteiger partial charge is 0.422 e. The number of carbonyl (C=O) groups is 1. The van der Waals surface area contributed by atoms with E-state index in [9.17, 15) is 26.4 Å². The van der Waals surface area contributed by atoms with Crippen LogP contribution in [0.4, 0.5) is 13.2 Å². The van der Waals surface area contributed by atoms with Crippen LogP contribution in [0, 0.1) is 6.92 Å². The number of carbonyl (C=O) groups excluding carboxylic acids is 1. The van der Waals surface area contributed by atoms with Crippen molar-refractivity contribution < 1.29 is 35.6 Å². The third-order valence-corrected chi connectivity index (χ3v) is 5.75. The zero-order chi connectivity index (χ0) is 23.0. The second-order valence-electron chi connectivity index (χ2n) is 7.92. The number of alkyl halides is 3. The Kier molecular flexibility index (Phi) is 6.05. The predicted molar refractivity (Wildman–Crippen MR) is 104 cm³/mol. The van der Waals surface area contributed by atoms with Gasteiger partial charge in [-0.2, -0.15) is 18.2 Å². The number of hydrogen-bond donors (Lipinski definition) is 1. The van der Waals surface area contributed by atoms with E-state index in [0.29, 0.717) is 5.56 Å². The van der Waals surface area contributed by atoms with Crippen molar-refractivity contribution in [2.24, 2.45) is 0 Å². The third kappa shape index (κ3) is 6.18. The molecule has 1 atom stereocenters. The monoisotopic (exact) mass is 461 g/mol. The van der Waals surface area contributed by atoms with Crippen molar-refractivity contribution in [2.75, 3.05) is 18.6 Å². The van der Waals surface area contributed by atoms with Crippen molar-refractivity contribution in [3.63, 3.8) is 0 Å². The maximum atomic E-state index is 12.9. The molecule has 0 radical (unpaired) electrons. The largest absolute Gasteiger partial charge is 0.484 e. The number of amides is 1. The zero-order valence-electron chi connectivity index (χ0n) is 17.1. The van der Waals surface area contributed by atoms with E-state index in [0.717, 1.165) is 19.1 Å². The Labute approximate surface area is 177 Å². The van der Waals surface area contributed by atoms with Crippen LogP contribution in [0.3, 0.4) is 0 Å². The van der Waals surface area contributed by atoms with Crippen LogP contribution < -0.4 is 10.1 Å². The Morgan fingerprint density at radius 3 is 2.52 bits per heavy atom. The van der Waals surface area contributed by atoms with Crippen LogP contribution >= 0.6 is 0 Å². The number of rotatable bonds is 8. The topological polar surface area (TPSA) is 111 Å². The highest BCUT2D eigenvalue weighted by Gasteiger charge is 2.38. The SMILES string of the molecule is Cc1nc([C@](C)(CS(C)(=O)=O)NC(=O)c2ccc(C3CC3)c(OCC(F)(F)F)c2)no1. The van der Waals surface area contributed by atoms with Gasteiger partial charge in [0.15, 0.2) is 12.4 Å². The summed E-state index contributed by atoms with van der Waals surface area (Å²) in [5.74, 6) is -1.01. The Balaban J connectivity index is 1.89. The fraction of sp³-hybridized carbons (Fsp3) is 0.526. The maximum Gasteiger partial charge on any atom is 0.422 e. The summed E-state index contributed by atoms with van der Waals surface area (Å²) in [7, 11) is -3.58. The highest BCUT2D eigenvalue weighted by molar-refractivity contribution is 7.90. The van der Waals surface area contributed by atoms with Gasteiger partial charge in [-0.15, -0.1) is 0 Å². The third-order valence-electron chi connectivity index (χ3n) is 4.65. The number of aromatic nitrogens is 2. The minimum Gasteiger partial charge on any atom is -0.484 e. The number of hydrogen-bond acceptors (Lipinski definition) is 7. The number of halogens is 3. The molecule has 1 saturated carbocycles. The maximum absolute atomic E-state index is 12.9. The van der Waals surface area contributed by atoms with E-state index in [1.54, 1.807) is 6.07 Å². The lowest BCUT2D eigenvalue weighted by Gasteiger charge is -2.27. The van der Waals surface area contributed by atoms with E-state index in [4.69, 9.17) is 9.26 Å². The lowest BCUT2D eigenvalue weighted by atomic mass is 10.0. The van der Waals surface area contributed by atoms with Gasteiger partial charge >= 0.3 is 6.18 Å². The van der Waals surface area contributed by atoms with E-state index in [2.05, 4.69) is 15.5 Å². The van der Waals surface area contributed by atoms with Crippen LogP contribution in [0.25, 0.3) is 0 Å². The van der Waals surface area contributed by atoms with Gasteiger partial charge in [0, 0.05) is 18.7 Å². The molecule has 0 unspecified atom stereocenters. The zero-order valence-corrected chi connectivity index (χ0v) is 17.9. The molecule has 1 aromatic heterocycles. The lowest BCUT2D eigenvalue weighted by molar-refractivity contribution is -0.153. The van der Waals surface area contributed by atoms with Gasteiger partial charge in [0.2, 0.25) is 5.89 Å². The summed E-state index contributed by atoms with van der Waals surface area (Å²) in [6, 6.07) is 4.26. The van der Waals surface area contributed by atoms with E-state index >= 15 is 0 Å². The van der Waals surface area contributed by atoms with E-state index < -0.39 is 39.8 Å². The Bertz CT molecular complexity index is 1080. The Hall–Kier alpha value is -2.63. The second kappa shape index (κ2) is 8.13. The first-order valence-corrected chi connectivity index (χ1v) is 11.5. The average molecular weight is 461 g/mol. The summed E-state index contributed by atoms with van der Waals surface area (Å²) < 4.78 is 71.6. The molecule has 1 aliphatic carbocycles. The fourth-order valence-corrected chi connectivity index (χ4v) is 4.47. The van der Waals surface area contributed by atoms with Gasteiger partial charge in [-0.05, 0) is 43.4 Å². The molecule has 3 rings (SSSR count). The number of nitrogens with zero attached hydrogens (tertiary/aromatic N) is 2. The number of ether oxygens (including phenoxy) is 1. The first-order valence-electron chi connectivity index (χ1n) is 9.40. The molecule has 1 heterocycles. The fourth-order valence-electron chi connectivity index (χ4n) is 3.22. The summed E-state index contributed by atoms with van der Waals surface area (Å²) in [4.78, 5) is 16.9. The highest BCUT2D eigenvalue weighted by Crippen LogP contribution is 2.44. The van der Waals surface area contributed by atoms with Crippen LogP contribution in [0.15, 0.2) is 22.7 Å². The van der Waals surface area contributed by atoms with Crippen molar-refractivity contribution in [1.82, 2.24) is 15.5 Å². The van der Waals surface area contributed by atoms with Gasteiger partial charge in [0.05, 0.1) is 5.75 Å². The van der Waals surface area contributed by atoms with Gasteiger partial charge in [-0.1, -0.05) is 11.2 Å². The number of aryl methyl sites for hydroxylation is 1. The van der Waals surface area contributed by atoms with Crippen LogP contribution in [0.5, 0.6) is 5.75 Å². The quantitative estimate of drug-likeness (QED) is 0.643. The van der Waals surface area contributed by atoms with E-state index in [1.807, 2.05) is 0 Å². The molecular weight excluding hydrogens is 439 g/mol. The van der Waals surface area contributed by atoms with Gasteiger partial charge in [-0.25, -0.2) is 8.42 Å². The first kappa shape index (κ1) is 23.0. The Morgan fingerprint density at radius 1 is 1.32 bits per heavy atom. The van der Waals surface area contributed by atoms with Crippen LogP contribution in [0.2, 0.25) is 0 Å². The molecule has 1 aliphatic rings. The molecule has 1 aromatic carbocycles. The molecule has 31 heavy (non-hydrogen) atoms. The Morgan fingerprint density at radius 2 is 2.00 bits per heavy atom. The molecule has 0 saturated heterocycles. The van der Waals surface area contributed by atoms with E-state index in [1.165, 1.54) is 26.0 Å².